The lowest BCUT2D eigenvalue weighted by Crippen LogP contribution is -2.13. The summed E-state index contributed by atoms with van der Waals surface area (Å²) >= 11 is 12.0. The molecule has 0 amide bonds. The third-order valence-corrected chi connectivity index (χ3v) is 7.75. The second-order valence-corrected chi connectivity index (χ2v) is 11.7. The molecule has 0 atom stereocenters. The van der Waals surface area contributed by atoms with Gasteiger partial charge in [-0.2, -0.15) is 10.4 Å². The first-order valence-corrected chi connectivity index (χ1v) is 15.3. The van der Waals surface area contributed by atoms with Gasteiger partial charge in [0, 0.05) is 35.6 Å². The molecule has 0 saturated heterocycles. The Morgan fingerprint density at radius 2 is 1.28 bits per heavy atom. The van der Waals surface area contributed by atoms with Crippen LogP contribution < -0.4 is 17.0 Å². The van der Waals surface area contributed by atoms with Gasteiger partial charge in [0.05, 0.1) is 32.2 Å². The fraction of sp³-hybridized carbons (Fsp3) is 0.111. The van der Waals surface area contributed by atoms with Gasteiger partial charge in [-0.25, -0.2) is 4.39 Å². The molecule has 0 aliphatic rings. The molecule has 0 saturated carbocycles. The van der Waals surface area contributed by atoms with Crippen LogP contribution in [0.3, 0.4) is 0 Å². The number of hydrogen-bond acceptors (Lipinski definition) is 7. The quantitative estimate of drug-likeness (QED) is 0.131. The second-order valence-electron chi connectivity index (χ2n) is 10.8. The Morgan fingerprint density at radius 1 is 0.787 bits per heavy atom. The number of nitrogen functional groups attached to an aromatic ring is 1. The van der Waals surface area contributed by atoms with Gasteiger partial charge < -0.3 is 5.73 Å². The van der Waals surface area contributed by atoms with Crippen LogP contribution in [0.1, 0.15) is 27.8 Å². The average Bonchev–Trinajstić information content (AvgIpc) is 3.34. The van der Waals surface area contributed by atoms with Crippen LogP contribution in [0.4, 0.5) is 10.2 Å². The van der Waals surface area contributed by atoms with Gasteiger partial charge in [-0.3, -0.25) is 25.9 Å². The molecule has 3 aromatic heterocycles. The first-order chi connectivity index (χ1) is 22.7. The molecule has 0 fully saturated rings. The summed E-state index contributed by atoms with van der Waals surface area (Å²) in [4.78, 5) is 8.57. The second kappa shape index (κ2) is 15.0. The fourth-order valence-corrected chi connectivity index (χ4v) is 5.55. The van der Waals surface area contributed by atoms with Crippen molar-refractivity contribution in [1.82, 2.24) is 25.2 Å². The van der Waals surface area contributed by atoms with Crippen LogP contribution >= 0.6 is 23.2 Å². The molecule has 47 heavy (non-hydrogen) atoms. The summed E-state index contributed by atoms with van der Waals surface area (Å²) in [5.41, 5.74) is 15.5. The Hall–Kier alpha value is -5.11. The third-order valence-electron chi connectivity index (χ3n) is 7.34. The van der Waals surface area contributed by atoms with E-state index in [0.717, 1.165) is 50.3 Å². The zero-order chi connectivity index (χ0) is 33.5. The van der Waals surface area contributed by atoms with E-state index in [2.05, 4.69) is 56.7 Å². The van der Waals surface area contributed by atoms with Crippen molar-refractivity contribution >= 4 is 61.7 Å². The summed E-state index contributed by atoms with van der Waals surface area (Å²) in [6.45, 7) is 0. The number of fused-ring (bicyclic) bond motifs is 3. The minimum atomic E-state index is -0.490. The van der Waals surface area contributed by atoms with Crippen molar-refractivity contribution in [2.45, 2.75) is 12.8 Å². The van der Waals surface area contributed by atoms with Crippen LogP contribution in [0.25, 0.3) is 32.7 Å². The smallest absolute Gasteiger partial charge is 0.153 e. The van der Waals surface area contributed by atoms with Crippen molar-refractivity contribution in [3.8, 4) is 6.07 Å². The van der Waals surface area contributed by atoms with E-state index in [1.165, 1.54) is 17.2 Å². The molecule has 236 valence electrons. The highest BCUT2D eigenvalue weighted by Crippen LogP contribution is 2.25. The maximum atomic E-state index is 13.3. The molecule has 11 heteroatoms. The Bertz CT molecular complexity index is 2240. The molecule has 0 bridgehead atoms. The molecule has 0 radical (unpaired) electrons. The van der Waals surface area contributed by atoms with Crippen LogP contribution in [0.15, 0.2) is 97.3 Å². The Morgan fingerprint density at radius 3 is 1.83 bits per heavy atom. The van der Waals surface area contributed by atoms with Gasteiger partial charge in [-0.05, 0) is 103 Å². The molecule has 0 unspecified atom stereocenters. The summed E-state index contributed by atoms with van der Waals surface area (Å²) in [5.74, 6) is 4.68. The van der Waals surface area contributed by atoms with E-state index >= 15 is 0 Å². The largest absolute Gasteiger partial charge is 0.382 e. The van der Waals surface area contributed by atoms with E-state index < -0.39 is 5.82 Å². The minimum absolute atomic E-state index is 0.0676. The number of aryl methyl sites for hydroxylation is 1. The molecule has 0 spiro atoms. The molecule has 7 rings (SSSR count). The molecule has 8 nitrogen and oxygen atoms in total. The lowest BCUT2D eigenvalue weighted by molar-refractivity contribution is 0.623. The van der Waals surface area contributed by atoms with Crippen molar-refractivity contribution in [1.29, 1.82) is 5.26 Å². The predicted molar refractivity (Wildman–Crippen MR) is 189 cm³/mol. The normalized spacial score (nSPS) is 10.7. The van der Waals surface area contributed by atoms with Crippen molar-refractivity contribution in [3.05, 3.63) is 141 Å². The number of aromatic nitrogens is 4. The molecule has 7 aromatic rings. The van der Waals surface area contributed by atoms with E-state index in [1.54, 1.807) is 36.3 Å². The van der Waals surface area contributed by atoms with Crippen LogP contribution in [0.2, 0.25) is 10.0 Å². The Labute approximate surface area is 281 Å². The molecule has 0 aliphatic heterocycles. The SMILES string of the molecule is CNN.Cn1nc(N)c2cc(Cc3ccc4ncc(Cl)cc4c3)ccc21.N#Cc1cc(Cc2ccc3ncc(Cl)cc3c2)ccc1F. The van der Waals surface area contributed by atoms with Gasteiger partial charge in [0.2, 0.25) is 0 Å². The highest BCUT2D eigenvalue weighted by Gasteiger charge is 2.08. The van der Waals surface area contributed by atoms with E-state index in [4.69, 9.17) is 34.2 Å². The van der Waals surface area contributed by atoms with Gasteiger partial charge in [0.15, 0.2) is 5.82 Å². The van der Waals surface area contributed by atoms with Crippen LogP contribution in [-0.4, -0.2) is 26.8 Å². The summed E-state index contributed by atoms with van der Waals surface area (Å²) in [6, 6.07) is 28.7. The number of hydrazine groups is 1. The summed E-state index contributed by atoms with van der Waals surface area (Å²) in [5, 5.41) is 17.4. The Kier molecular flexibility index (Phi) is 10.6. The topological polar surface area (TPSA) is 131 Å². The van der Waals surface area contributed by atoms with E-state index in [9.17, 15) is 4.39 Å². The number of benzene rings is 4. The monoisotopic (exact) mass is 664 g/mol. The zero-order valence-electron chi connectivity index (χ0n) is 25.7. The van der Waals surface area contributed by atoms with E-state index in [0.29, 0.717) is 22.3 Å². The van der Waals surface area contributed by atoms with Gasteiger partial charge in [-0.15, -0.1) is 0 Å². The van der Waals surface area contributed by atoms with Gasteiger partial charge in [-0.1, -0.05) is 47.5 Å². The molecule has 0 aliphatic carbocycles. The Balaban J connectivity index is 0.000000171. The minimum Gasteiger partial charge on any atom is -0.382 e. The van der Waals surface area contributed by atoms with Crippen LogP contribution in [0.5, 0.6) is 0 Å². The van der Waals surface area contributed by atoms with E-state index in [-0.39, 0.29) is 5.56 Å². The number of nitrogens with zero attached hydrogens (tertiary/aromatic N) is 5. The van der Waals surface area contributed by atoms with Crippen LogP contribution in [0, 0.1) is 17.1 Å². The highest BCUT2D eigenvalue weighted by atomic mass is 35.5. The first kappa shape index (κ1) is 33.3. The standard InChI is InChI=1S/C18H15ClN4.C17H10ClFN2.CH6N2/c1-23-17-5-3-12(8-15(17)18(20)22-23)6-11-2-4-16-13(7-11)9-14(19)10-21-16;18-15-8-13-6-12(2-4-17(13)21-10-15)5-11-1-3-16(19)14(7-11)9-20;1-3-2/h2-5,7-10H,6H2,1H3,(H2,20,22);1-4,6-8,10H,5H2;3H,2H2,1H3. The molecular formula is C36H31Cl2FN8. The number of nitrogens with one attached hydrogen (secondary N) is 1. The average molecular weight is 666 g/mol. The zero-order valence-corrected chi connectivity index (χ0v) is 27.2. The van der Waals surface area contributed by atoms with E-state index in [1.807, 2.05) is 49.5 Å². The maximum absolute atomic E-state index is 13.3. The molecule has 5 N–H and O–H groups in total. The van der Waals surface area contributed by atoms with Gasteiger partial charge in [0.25, 0.3) is 0 Å². The molecule has 4 aromatic carbocycles. The molecule has 3 heterocycles. The lowest BCUT2D eigenvalue weighted by Gasteiger charge is -2.05. The lowest BCUT2D eigenvalue weighted by atomic mass is 10.0. The summed E-state index contributed by atoms with van der Waals surface area (Å²) in [6.07, 6.45) is 4.73. The highest BCUT2D eigenvalue weighted by molar-refractivity contribution is 6.31. The van der Waals surface area contributed by atoms with Crippen molar-refractivity contribution in [2.24, 2.45) is 12.9 Å². The number of anilines is 1. The number of pyridine rings is 2. The number of nitriles is 1. The van der Waals surface area contributed by atoms with Gasteiger partial charge in [0.1, 0.15) is 11.9 Å². The van der Waals surface area contributed by atoms with Crippen LogP contribution in [-0.2, 0) is 19.9 Å². The van der Waals surface area contributed by atoms with Gasteiger partial charge >= 0.3 is 0 Å². The van der Waals surface area contributed by atoms with Crippen molar-refractivity contribution < 1.29 is 4.39 Å². The number of halogens is 3. The number of nitrogens with two attached hydrogens (primary N) is 2. The molecular weight excluding hydrogens is 634 g/mol. The third kappa shape index (κ3) is 8.19. The number of rotatable bonds is 4. The summed E-state index contributed by atoms with van der Waals surface area (Å²) < 4.78 is 15.1. The first-order valence-electron chi connectivity index (χ1n) is 14.5. The number of hydrogen-bond donors (Lipinski definition) is 3. The predicted octanol–water partition coefficient (Wildman–Crippen LogP) is 7.52. The fourth-order valence-electron chi connectivity index (χ4n) is 5.22. The maximum Gasteiger partial charge on any atom is 0.153 e. The summed E-state index contributed by atoms with van der Waals surface area (Å²) in [7, 11) is 3.55. The van der Waals surface area contributed by atoms with Crippen molar-refractivity contribution in [2.75, 3.05) is 12.8 Å². The van der Waals surface area contributed by atoms with Crippen molar-refractivity contribution in [3.63, 3.8) is 0 Å².